The van der Waals surface area contributed by atoms with E-state index in [1.165, 1.54) is 14.2 Å². The Morgan fingerprint density at radius 1 is 1.21 bits per heavy atom. The first kappa shape index (κ1) is 20.0. The first-order valence-electron chi connectivity index (χ1n) is 8.35. The molecule has 0 N–H and O–H groups in total. The fourth-order valence-electron chi connectivity index (χ4n) is 3.10. The number of fused-ring (bicyclic) bond motifs is 2. The molecule has 2 heterocycles. The van der Waals surface area contributed by atoms with E-state index in [-0.39, 0.29) is 26.6 Å². The SMILES string of the molecule is C.COCOc1cc(-n2cc(C#N)c3cc4c(cc32)OCO4)ccc1C(=O)OC. The quantitative estimate of drug-likeness (QED) is 0.480. The first-order valence-corrected chi connectivity index (χ1v) is 8.35. The highest BCUT2D eigenvalue weighted by atomic mass is 16.7. The van der Waals surface area contributed by atoms with Gasteiger partial charge in [-0.2, -0.15) is 5.26 Å². The second kappa shape index (κ2) is 8.12. The smallest absolute Gasteiger partial charge is 0.341 e. The van der Waals surface area contributed by atoms with E-state index in [1.54, 1.807) is 30.5 Å². The van der Waals surface area contributed by atoms with Crippen LogP contribution in [0.5, 0.6) is 17.2 Å². The number of hydrogen-bond acceptors (Lipinski definition) is 7. The predicted octanol–water partition coefficient (Wildman–Crippen LogP) is 3.64. The molecule has 3 aromatic rings. The number of carbonyl (C=O) groups excluding carboxylic acids is 1. The standard InChI is InChI=1S/C20H16N2O6.CH4/c1-24-10-26-17-5-13(3-4-14(17)20(23)25-2)22-9-12(8-21)15-6-18-19(7-16(15)22)28-11-27-18;/h3-7,9H,10-11H2,1-2H3;1H4. The number of hydrogen-bond donors (Lipinski definition) is 0. The molecule has 0 saturated heterocycles. The maximum Gasteiger partial charge on any atom is 0.341 e. The Balaban J connectivity index is 0.00000240. The van der Waals surface area contributed by atoms with E-state index in [0.717, 1.165) is 10.9 Å². The predicted molar refractivity (Wildman–Crippen MR) is 105 cm³/mol. The van der Waals surface area contributed by atoms with Crippen LogP contribution in [0.2, 0.25) is 0 Å². The zero-order chi connectivity index (χ0) is 19.7. The molecule has 0 fully saturated rings. The third kappa shape index (κ3) is 3.44. The lowest BCUT2D eigenvalue weighted by Crippen LogP contribution is -2.08. The molecule has 29 heavy (non-hydrogen) atoms. The van der Waals surface area contributed by atoms with Gasteiger partial charge in [-0.3, -0.25) is 0 Å². The van der Waals surface area contributed by atoms with Gasteiger partial charge in [-0.1, -0.05) is 7.43 Å². The van der Waals surface area contributed by atoms with Gasteiger partial charge in [-0.05, 0) is 18.2 Å². The molecule has 150 valence electrons. The van der Waals surface area contributed by atoms with Crippen LogP contribution in [0.1, 0.15) is 23.3 Å². The van der Waals surface area contributed by atoms with Crippen LogP contribution >= 0.6 is 0 Å². The molecule has 4 rings (SSSR count). The van der Waals surface area contributed by atoms with Crippen LogP contribution in [-0.4, -0.2) is 38.3 Å². The van der Waals surface area contributed by atoms with Gasteiger partial charge < -0.3 is 28.3 Å². The molecule has 0 amide bonds. The molecule has 0 unspecified atom stereocenters. The van der Waals surface area contributed by atoms with Gasteiger partial charge in [-0.25, -0.2) is 4.79 Å². The van der Waals surface area contributed by atoms with Crippen molar-refractivity contribution in [3.8, 4) is 29.0 Å². The molecule has 0 bridgehead atoms. The average molecular weight is 396 g/mol. The molecule has 1 aliphatic heterocycles. The Morgan fingerprint density at radius 3 is 2.66 bits per heavy atom. The Hall–Kier alpha value is -3.70. The highest BCUT2D eigenvalue weighted by Crippen LogP contribution is 2.39. The highest BCUT2D eigenvalue weighted by molar-refractivity contribution is 5.94. The first-order chi connectivity index (χ1) is 13.7. The minimum atomic E-state index is -0.518. The minimum absolute atomic E-state index is 0. The van der Waals surface area contributed by atoms with Gasteiger partial charge in [-0.15, -0.1) is 0 Å². The molecular weight excluding hydrogens is 376 g/mol. The van der Waals surface area contributed by atoms with Crippen molar-refractivity contribution in [1.29, 1.82) is 5.26 Å². The van der Waals surface area contributed by atoms with Gasteiger partial charge in [0.15, 0.2) is 18.3 Å². The van der Waals surface area contributed by atoms with Crippen LogP contribution in [0.3, 0.4) is 0 Å². The van der Waals surface area contributed by atoms with Gasteiger partial charge in [0.2, 0.25) is 6.79 Å². The van der Waals surface area contributed by atoms with Crippen molar-refractivity contribution in [2.24, 2.45) is 0 Å². The van der Waals surface area contributed by atoms with E-state index in [1.807, 2.05) is 10.6 Å². The van der Waals surface area contributed by atoms with Crippen LogP contribution in [0.4, 0.5) is 0 Å². The average Bonchev–Trinajstić information content (AvgIpc) is 3.33. The summed E-state index contributed by atoms with van der Waals surface area (Å²) in [6.07, 6.45) is 1.72. The number of carbonyl (C=O) groups is 1. The molecule has 0 saturated carbocycles. The van der Waals surface area contributed by atoms with Gasteiger partial charge >= 0.3 is 5.97 Å². The summed E-state index contributed by atoms with van der Waals surface area (Å²) in [5, 5.41) is 10.3. The lowest BCUT2D eigenvalue weighted by Gasteiger charge is -2.13. The van der Waals surface area contributed by atoms with E-state index in [2.05, 4.69) is 6.07 Å². The molecule has 8 heteroatoms. The lowest BCUT2D eigenvalue weighted by atomic mass is 10.1. The number of aromatic nitrogens is 1. The van der Waals surface area contributed by atoms with Crippen LogP contribution in [-0.2, 0) is 9.47 Å². The number of rotatable bonds is 5. The molecule has 1 aliphatic rings. The molecule has 0 aliphatic carbocycles. The molecule has 8 nitrogen and oxygen atoms in total. The fourth-order valence-corrected chi connectivity index (χ4v) is 3.10. The van der Waals surface area contributed by atoms with Crippen molar-refractivity contribution in [2.45, 2.75) is 7.43 Å². The van der Waals surface area contributed by atoms with Crippen LogP contribution < -0.4 is 14.2 Å². The van der Waals surface area contributed by atoms with Crippen molar-refractivity contribution >= 4 is 16.9 Å². The Morgan fingerprint density at radius 2 is 1.97 bits per heavy atom. The lowest BCUT2D eigenvalue weighted by molar-refractivity contribution is 0.0465. The van der Waals surface area contributed by atoms with Gasteiger partial charge in [0.1, 0.15) is 17.4 Å². The summed E-state index contributed by atoms with van der Waals surface area (Å²) in [7, 11) is 2.79. The number of nitrogens with zero attached hydrogens (tertiary/aromatic N) is 2. The zero-order valence-corrected chi connectivity index (χ0v) is 15.2. The van der Waals surface area contributed by atoms with E-state index in [0.29, 0.717) is 28.5 Å². The van der Waals surface area contributed by atoms with Crippen molar-refractivity contribution in [3.05, 3.63) is 47.7 Å². The summed E-state index contributed by atoms with van der Waals surface area (Å²) < 4.78 is 28.0. The van der Waals surface area contributed by atoms with Crippen LogP contribution in [0.25, 0.3) is 16.6 Å². The number of esters is 1. The van der Waals surface area contributed by atoms with E-state index in [4.69, 9.17) is 23.7 Å². The fraction of sp³-hybridized carbons (Fsp3) is 0.238. The van der Waals surface area contributed by atoms with Gasteiger partial charge in [0.25, 0.3) is 0 Å². The van der Waals surface area contributed by atoms with Crippen molar-refractivity contribution in [2.75, 3.05) is 27.8 Å². The normalized spacial score (nSPS) is 11.6. The van der Waals surface area contributed by atoms with Gasteiger partial charge in [0.05, 0.1) is 18.2 Å². The molecule has 0 radical (unpaired) electrons. The van der Waals surface area contributed by atoms with Gasteiger partial charge in [0, 0.05) is 36.5 Å². The third-order valence-corrected chi connectivity index (χ3v) is 4.40. The Labute approximate surface area is 167 Å². The van der Waals surface area contributed by atoms with Crippen LogP contribution in [0.15, 0.2) is 36.5 Å². The molecular formula is C21H20N2O6. The molecule has 1 aromatic heterocycles. The summed E-state index contributed by atoms with van der Waals surface area (Å²) >= 11 is 0. The molecule has 0 atom stereocenters. The van der Waals surface area contributed by atoms with Crippen molar-refractivity contribution in [3.63, 3.8) is 0 Å². The largest absolute Gasteiger partial charge is 0.467 e. The summed E-state index contributed by atoms with van der Waals surface area (Å²) in [5.74, 6) is 1.01. The highest BCUT2D eigenvalue weighted by Gasteiger charge is 2.20. The molecule has 0 spiro atoms. The maximum atomic E-state index is 12.0. The number of benzene rings is 2. The number of nitriles is 1. The third-order valence-electron chi connectivity index (χ3n) is 4.40. The minimum Gasteiger partial charge on any atom is -0.467 e. The second-order valence-electron chi connectivity index (χ2n) is 5.97. The Kier molecular flexibility index (Phi) is 5.61. The zero-order valence-electron chi connectivity index (χ0n) is 15.2. The van der Waals surface area contributed by atoms with Crippen molar-refractivity contribution < 1.29 is 28.5 Å². The summed E-state index contributed by atoms with van der Waals surface area (Å²) in [6, 6.07) is 10.9. The summed E-state index contributed by atoms with van der Waals surface area (Å²) in [6.45, 7) is 0.120. The summed E-state index contributed by atoms with van der Waals surface area (Å²) in [5.41, 5.74) is 2.23. The van der Waals surface area contributed by atoms with Crippen LogP contribution in [0, 0.1) is 11.3 Å². The van der Waals surface area contributed by atoms with E-state index in [9.17, 15) is 10.1 Å². The van der Waals surface area contributed by atoms with Crippen molar-refractivity contribution in [1.82, 2.24) is 4.57 Å². The van der Waals surface area contributed by atoms with E-state index >= 15 is 0 Å². The monoisotopic (exact) mass is 396 g/mol. The maximum absolute atomic E-state index is 12.0. The van der Waals surface area contributed by atoms with E-state index < -0.39 is 5.97 Å². The summed E-state index contributed by atoms with van der Waals surface area (Å²) in [4.78, 5) is 12.0. The molecule has 2 aromatic carbocycles. The topological polar surface area (TPSA) is 91.9 Å². The second-order valence-corrected chi connectivity index (χ2v) is 5.97. The number of methoxy groups -OCH3 is 2. The Bertz CT molecular complexity index is 1110. The number of ether oxygens (including phenoxy) is 5.